The number of halogens is 1. The second-order valence-corrected chi connectivity index (χ2v) is 8.31. The lowest BCUT2D eigenvalue weighted by Crippen LogP contribution is -2.40. The number of carbonyl (C=O) groups excluding carboxylic acids is 1. The van der Waals surface area contributed by atoms with Crippen LogP contribution in [0.3, 0.4) is 0 Å². The zero-order valence-corrected chi connectivity index (χ0v) is 16.8. The number of hydrogen-bond acceptors (Lipinski definition) is 5. The molecule has 1 N–H and O–H groups in total. The van der Waals surface area contributed by atoms with E-state index in [4.69, 9.17) is 0 Å². The molecule has 1 saturated heterocycles. The van der Waals surface area contributed by atoms with Crippen molar-refractivity contribution in [2.75, 3.05) is 42.3 Å². The largest absolute Gasteiger partial charge is 0.378 e. The number of fused-ring (bicyclic) bond motifs is 1. The number of aromatic nitrogens is 1. The molecule has 1 fully saturated rings. The van der Waals surface area contributed by atoms with Crippen LogP contribution in [0.25, 0.3) is 10.2 Å². The molecule has 3 aromatic rings. The molecular weight excluding hydrogens is 375 g/mol. The zero-order chi connectivity index (χ0) is 19.7. The minimum atomic E-state index is -0.299. The van der Waals surface area contributed by atoms with Gasteiger partial charge in [-0.15, -0.1) is 0 Å². The highest BCUT2D eigenvalue weighted by Gasteiger charge is 2.27. The highest BCUT2D eigenvalue weighted by molar-refractivity contribution is 7.22. The number of benzene rings is 2. The summed E-state index contributed by atoms with van der Waals surface area (Å²) in [6.45, 7) is 1.44. The Balaban J connectivity index is 1.45. The molecule has 1 atom stereocenters. The SMILES string of the molecule is CN(C)c1ccc(NC(=O)C2CCCN(c3nc4c(F)cccc4s3)C2)cc1. The van der Waals surface area contributed by atoms with E-state index < -0.39 is 0 Å². The zero-order valence-electron chi connectivity index (χ0n) is 16.0. The van der Waals surface area contributed by atoms with Gasteiger partial charge in [-0.1, -0.05) is 17.4 Å². The minimum absolute atomic E-state index is 0.0228. The number of amides is 1. The van der Waals surface area contributed by atoms with Crippen molar-refractivity contribution in [3.63, 3.8) is 0 Å². The second-order valence-electron chi connectivity index (χ2n) is 7.30. The van der Waals surface area contributed by atoms with Crippen molar-refractivity contribution in [2.24, 2.45) is 5.92 Å². The van der Waals surface area contributed by atoms with E-state index in [1.165, 1.54) is 17.4 Å². The van der Waals surface area contributed by atoms with Gasteiger partial charge in [-0.25, -0.2) is 9.37 Å². The smallest absolute Gasteiger partial charge is 0.229 e. The summed E-state index contributed by atoms with van der Waals surface area (Å²) in [6.07, 6.45) is 1.76. The Kier molecular flexibility index (Phi) is 5.17. The lowest BCUT2D eigenvalue weighted by atomic mass is 9.97. The lowest BCUT2D eigenvalue weighted by molar-refractivity contribution is -0.120. The molecular formula is C21H23FN4OS. The third-order valence-electron chi connectivity index (χ3n) is 5.07. The fourth-order valence-electron chi connectivity index (χ4n) is 3.49. The molecule has 0 spiro atoms. The number of anilines is 3. The summed E-state index contributed by atoms with van der Waals surface area (Å²) >= 11 is 1.48. The molecule has 7 heteroatoms. The molecule has 146 valence electrons. The van der Waals surface area contributed by atoms with E-state index in [0.29, 0.717) is 12.1 Å². The summed E-state index contributed by atoms with van der Waals surface area (Å²) in [4.78, 5) is 21.4. The average molecular weight is 399 g/mol. The molecule has 28 heavy (non-hydrogen) atoms. The number of nitrogens with zero attached hydrogens (tertiary/aromatic N) is 3. The third kappa shape index (κ3) is 3.80. The number of thiazole rings is 1. The van der Waals surface area contributed by atoms with Crippen molar-refractivity contribution in [1.29, 1.82) is 0 Å². The molecule has 1 unspecified atom stereocenters. The van der Waals surface area contributed by atoms with E-state index in [-0.39, 0.29) is 17.6 Å². The minimum Gasteiger partial charge on any atom is -0.378 e. The summed E-state index contributed by atoms with van der Waals surface area (Å²) in [6, 6.07) is 12.8. The van der Waals surface area contributed by atoms with Gasteiger partial charge in [-0.3, -0.25) is 4.79 Å². The fraction of sp³-hybridized carbons (Fsp3) is 0.333. The maximum Gasteiger partial charge on any atom is 0.229 e. The standard InChI is InChI=1S/C21H23FN4OS/c1-25(2)16-10-8-15(9-11-16)23-20(27)14-5-4-12-26(13-14)21-24-19-17(22)6-3-7-18(19)28-21/h3,6-11,14H,4-5,12-13H2,1-2H3,(H,23,27). The van der Waals surface area contributed by atoms with Gasteiger partial charge in [0, 0.05) is 38.6 Å². The summed E-state index contributed by atoms with van der Waals surface area (Å²) in [5.41, 5.74) is 2.30. The Morgan fingerprint density at radius 1 is 1.25 bits per heavy atom. The number of hydrogen-bond donors (Lipinski definition) is 1. The van der Waals surface area contributed by atoms with Gasteiger partial charge in [0.25, 0.3) is 0 Å². The maximum absolute atomic E-state index is 14.0. The van der Waals surface area contributed by atoms with Crippen LogP contribution in [0.4, 0.5) is 20.9 Å². The van der Waals surface area contributed by atoms with Crippen molar-refractivity contribution < 1.29 is 9.18 Å². The van der Waals surface area contributed by atoms with Gasteiger partial charge < -0.3 is 15.1 Å². The number of rotatable bonds is 4. The molecule has 1 amide bonds. The summed E-state index contributed by atoms with van der Waals surface area (Å²) < 4.78 is 14.8. The van der Waals surface area contributed by atoms with E-state index in [1.54, 1.807) is 6.07 Å². The van der Waals surface area contributed by atoms with Crippen LogP contribution in [0.2, 0.25) is 0 Å². The Bertz CT molecular complexity index is 986. The molecule has 1 aromatic heterocycles. The maximum atomic E-state index is 14.0. The summed E-state index contributed by atoms with van der Waals surface area (Å²) in [7, 11) is 3.97. The van der Waals surface area contributed by atoms with Crippen LogP contribution in [0, 0.1) is 11.7 Å². The van der Waals surface area contributed by atoms with Crippen molar-refractivity contribution in [1.82, 2.24) is 4.98 Å². The van der Waals surface area contributed by atoms with Gasteiger partial charge >= 0.3 is 0 Å². The number of piperidine rings is 1. The van der Waals surface area contributed by atoms with E-state index >= 15 is 0 Å². The summed E-state index contributed by atoms with van der Waals surface area (Å²) in [5, 5.41) is 3.81. The van der Waals surface area contributed by atoms with Gasteiger partial charge in [-0.05, 0) is 49.2 Å². The van der Waals surface area contributed by atoms with Crippen LogP contribution >= 0.6 is 11.3 Å². The lowest BCUT2D eigenvalue weighted by Gasteiger charge is -2.31. The van der Waals surface area contributed by atoms with Crippen LogP contribution in [0.15, 0.2) is 42.5 Å². The summed E-state index contributed by atoms with van der Waals surface area (Å²) in [5.74, 6) is -0.388. The molecule has 5 nitrogen and oxygen atoms in total. The molecule has 0 radical (unpaired) electrons. The predicted molar refractivity (Wildman–Crippen MR) is 114 cm³/mol. The Labute approximate surface area is 167 Å². The number of nitrogens with one attached hydrogen (secondary N) is 1. The molecule has 4 rings (SSSR count). The predicted octanol–water partition coefficient (Wildman–Crippen LogP) is 4.36. The first-order chi connectivity index (χ1) is 13.5. The van der Waals surface area contributed by atoms with Crippen molar-refractivity contribution in [2.45, 2.75) is 12.8 Å². The topological polar surface area (TPSA) is 48.5 Å². The Morgan fingerprint density at radius 2 is 2.04 bits per heavy atom. The van der Waals surface area contributed by atoms with E-state index in [0.717, 1.165) is 40.6 Å². The third-order valence-corrected chi connectivity index (χ3v) is 6.15. The molecule has 1 aliphatic heterocycles. The molecule has 1 aliphatic rings. The quantitative estimate of drug-likeness (QED) is 0.710. The highest BCUT2D eigenvalue weighted by atomic mass is 32.1. The van der Waals surface area contributed by atoms with Crippen molar-refractivity contribution >= 4 is 44.0 Å². The van der Waals surface area contributed by atoms with Gasteiger partial charge in [0.05, 0.1) is 10.6 Å². The Hall–Kier alpha value is -2.67. The monoisotopic (exact) mass is 398 g/mol. The fourth-order valence-corrected chi connectivity index (χ4v) is 4.51. The molecule has 0 aliphatic carbocycles. The molecule has 0 saturated carbocycles. The number of para-hydroxylation sites is 1. The first kappa shape index (κ1) is 18.7. The van der Waals surface area contributed by atoms with E-state index in [1.807, 2.05) is 49.3 Å². The van der Waals surface area contributed by atoms with Crippen LogP contribution in [0.5, 0.6) is 0 Å². The van der Waals surface area contributed by atoms with Crippen LogP contribution < -0.4 is 15.1 Å². The molecule has 2 heterocycles. The first-order valence-electron chi connectivity index (χ1n) is 9.39. The van der Waals surface area contributed by atoms with E-state index in [2.05, 4.69) is 15.2 Å². The normalized spacial score (nSPS) is 17.0. The van der Waals surface area contributed by atoms with Crippen molar-refractivity contribution in [3.05, 3.63) is 48.3 Å². The molecule has 2 aromatic carbocycles. The molecule has 0 bridgehead atoms. The van der Waals surface area contributed by atoms with E-state index in [9.17, 15) is 9.18 Å². The highest BCUT2D eigenvalue weighted by Crippen LogP contribution is 2.33. The van der Waals surface area contributed by atoms with Crippen molar-refractivity contribution in [3.8, 4) is 0 Å². The van der Waals surface area contributed by atoms with Gasteiger partial charge in [0.15, 0.2) is 5.13 Å². The number of carbonyl (C=O) groups is 1. The average Bonchev–Trinajstić information content (AvgIpc) is 3.14. The first-order valence-corrected chi connectivity index (χ1v) is 10.2. The van der Waals surface area contributed by atoms with Gasteiger partial charge in [-0.2, -0.15) is 0 Å². The Morgan fingerprint density at radius 3 is 2.75 bits per heavy atom. The van der Waals surface area contributed by atoms with Gasteiger partial charge in [0.1, 0.15) is 11.3 Å². The van der Waals surface area contributed by atoms with Crippen LogP contribution in [-0.2, 0) is 4.79 Å². The van der Waals surface area contributed by atoms with Crippen LogP contribution in [0.1, 0.15) is 12.8 Å². The van der Waals surface area contributed by atoms with Crippen LogP contribution in [-0.4, -0.2) is 38.1 Å². The second kappa shape index (κ2) is 7.75. The van der Waals surface area contributed by atoms with Gasteiger partial charge in [0.2, 0.25) is 5.91 Å².